The molecule has 0 spiro atoms. The number of amides is 2. The normalized spacial score (nSPS) is 30.6. The lowest BCUT2D eigenvalue weighted by atomic mass is 9.92. The largest absolute Gasteiger partial charge is 0.457 e. The van der Waals surface area contributed by atoms with Gasteiger partial charge in [0.2, 0.25) is 0 Å². The highest BCUT2D eigenvalue weighted by atomic mass is 16.6. The van der Waals surface area contributed by atoms with Crippen molar-refractivity contribution in [3.8, 4) is 0 Å². The van der Waals surface area contributed by atoms with Crippen molar-refractivity contribution in [2.75, 3.05) is 45.9 Å². The zero-order valence-corrected chi connectivity index (χ0v) is 29.9. The van der Waals surface area contributed by atoms with Crippen molar-refractivity contribution >= 4 is 18.2 Å². The number of allylic oxidation sites excluding steroid dienone is 2. The Morgan fingerprint density at radius 1 is 0.917 bits per heavy atom. The van der Waals surface area contributed by atoms with Gasteiger partial charge in [0.1, 0.15) is 12.2 Å². The summed E-state index contributed by atoms with van der Waals surface area (Å²) in [5.41, 5.74) is 0.845. The average molecular weight is 672 g/mol. The molecule has 6 atom stereocenters. The number of rotatable bonds is 7. The topological polar surface area (TPSA) is 109 Å². The minimum Gasteiger partial charge on any atom is -0.457 e. The number of hydrogen-bond donors (Lipinski definition) is 1. The predicted molar refractivity (Wildman–Crippen MR) is 186 cm³/mol. The Balaban J connectivity index is 1.36. The predicted octanol–water partition coefficient (Wildman–Crippen LogP) is 6.49. The Morgan fingerprint density at radius 3 is 2.27 bits per heavy atom. The second-order valence-electron chi connectivity index (χ2n) is 14.6. The molecule has 2 amide bonds. The maximum absolute atomic E-state index is 13.4. The van der Waals surface area contributed by atoms with Crippen LogP contribution in [0, 0.1) is 17.8 Å². The zero-order chi connectivity index (χ0) is 34.5. The summed E-state index contributed by atoms with van der Waals surface area (Å²) in [7, 11) is 0. The monoisotopic (exact) mass is 671 g/mol. The molecule has 3 fully saturated rings. The highest BCUT2D eigenvalue weighted by Crippen LogP contribution is 2.26. The summed E-state index contributed by atoms with van der Waals surface area (Å²) in [6.45, 7) is 12.8. The molecular formula is C38H61N3O7. The molecule has 48 heavy (non-hydrogen) atoms. The lowest BCUT2D eigenvalue weighted by Gasteiger charge is -2.39. The van der Waals surface area contributed by atoms with Gasteiger partial charge in [-0.15, -0.1) is 0 Å². The number of carbonyl (C=O) groups excluding carboxylic acids is 3. The van der Waals surface area contributed by atoms with Gasteiger partial charge in [0, 0.05) is 57.1 Å². The van der Waals surface area contributed by atoms with Gasteiger partial charge < -0.3 is 29.1 Å². The third kappa shape index (κ3) is 11.9. The molecule has 4 rings (SSSR count). The molecule has 1 N–H and O–H groups in total. The van der Waals surface area contributed by atoms with E-state index < -0.39 is 24.3 Å². The van der Waals surface area contributed by atoms with E-state index in [1.807, 2.05) is 63.0 Å². The molecule has 2 saturated heterocycles. The van der Waals surface area contributed by atoms with E-state index in [4.69, 9.17) is 14.2 Å². The molecule has 0 aromatic heterocycles. The maximum Gasteiger partial charge on any atom is 0.410 e. The molecule has 0 aromatic rings. The lowest BCUT2D eigenvalue weighted by molar-refractivity contribution is -0.151. The third-order valence-corrected chi connectivity index (χ3v) is 10.5. The molecule has 0 aromatic carbocycles. The van der Waals surface area contributed by atoms with Crippen molar-refractivity contribution in [3.05, 3.63) is 36.0 Å². The first kappa shape index (κ1) is 38.0. The molecule has 1 saturated carbocycles. The number of likely N-dealkylation sites (tertiary alicyclic amines) is 1. The number of aliphatic hydroxyl groups is 1. The average Bonchev–Trinajstić information content (AvgIpc) is 3.49. The van der Waals surface area contributed by atoms with Gasteiger partial charge in [0.15, 0.2) is 0 Å². The van der Waals surface area contributed by atoms with Gasteiger partial charge in [0.05, 0.1) is 19.1 Å². The summed E-state index contributed by atoms with van der Waals surface area (Å²) in [6.07, 6.45) is 18.1. The van der Waals surface area contributed by atoms with Crippen LogP contribution in [-0.4, -0.2) is 108 Å². The van der Waals surface area contributed by atoms with Crippen molar-refractivity contribution in [2.45, 2.75) is 123 Å². The lowest BCUT2D eigenvalue weighted by Crippen LogP contribution is -2.52. The van der Waals surface area contributed by atoms with Crippen LogP contribution in [0.2, 0.25) is 0 Å². The van der Waals surface area contributed by atoms with Gasteiger partial charge in [-0.05, 0) is 63.0 Å². The molecule has 0 radical (unpaired) electrons. The van der Waals surface area contributed by atoms with Gasteiger partial charge >= 0.3 is 18.2 Å². The molecule has 0 unspecified atom stereocenters. The van der Waals surface area contributed by atoms with E-state index in [9.17, 15) is 19.5 Å². The summed E-state index contributed by atoms with van der Waals surface area (Å²) >= 11 is 0. The summed E-state index contributed by atoms with van der Waals surface area (Å²) < 4.78 is 17.5. The van der Waals surface area contributed by atoms with Crippen LogP contribution >= 0.6 is 0 Å². The van der Waals surface area contributed by atoms with Gasteiger partial charge in [-0.1, -0.05) is 70.8 Å². The Morgan fingerprint density at radius 2 is 1.58 bits per heavy atom. The summed E-state index contributed by atoms with van der Waals surface area (Å²) in [6, 6.07) is 0.635. The fraction of sp³-hybridized carbons (Fsp3) is 0.763. The fourth-order valence-electron chi connectivity index (χ4n) is 7.27. The summed E-state index contributed by atoms with van der Waals surface area (Å²) in [5, 5.41) is 10.7. The molecule has 0 bridgehead atoms. The van der Waals surface area contributed by atoms with Crippen LogP contribution < -0.4 is 0 Å². The van der Waals surface area contributed by atoms with Crippen molar-refractivity contribution in [2.24, 2.45) is 17.8 Å². The van der Waals surface area contributed by atoms with E-state index in [0.29, 0.717) is 38.6 Å². The number of hydrogen-bond acceptors (Lipinski definition) is 8. The smallest absolute Gasteiger partial charge is 0.410 e. The van der Waals surface area contributed by atoms with Crippen LogP contribution in [0.5, 0.6) is 0 Å². The highest BCUT2D eigenvalue weighted by Gasteiger charge is 2.31. The number of carbonyl (C=O) groups is 3. The first-order chi connectivity index (χ1) is 23.1. The SMILES string of the molecule is C/C(=C\C=C\[C@@H](C)COC(=O)N1CCCC1)[C@H]1OC(=O)C[C@H](O)CC[C@H](C)[C@@H](OC(=O)N2CCN(C3CCCCCC3)CC2)/C=C\[C@@H]1C. The van der Waals surface area contributed by atoms with Crippen molar-refractivity contribution in [1.82, 2.24) is 14.7 Å². The second-order valence-corrected chi connectivity index (χ2v) is 14.6. The molecular weight excluding hydrogens is 610 g/mol. The zero-order valence-electron chi connectivity index (χ0n) is 29.9. The summed E-state index contributed by atoms with van der Waals surface area (Å²) in [5.74, 6) is -0.658. The molecule has 10 heteroatoms. The van der Waals surface area contributed by atoms with Crippen molar-refractivity contribution in [3.63, 3.8) is 0 Å². The van der Waals surface area contributed by atoms with E-state index in [2.05, 4.69) is 4.90 Å². The molecule has 10 nitrogen and oxygen atoms in total. The van der Waals surface area contributed by atoms with Gasteiger partial charge in [-0.3, -0.25) is 9.69 Å². The molecule has 270 valence electrons. The standard InChI is InChI=1S/C38H61N3O7/c1-28(27-46-37(44)40-20-9-10-21-40)12-11-13-30(3)36-31(4)17-19-34(29(2)16-18-33(42)26-35(43)48-36)47-38(45)41-24-22-39(23-25-41)32-14-7-5-6-8-15-32/h11-13,17,19,28-29,31-34,36,42H,5-10,14-16,18,20-27H2,1-4H3/b12-11+,19-17-,30-13+/t28-,29+,31+,33-,34+,36-/m1/s1. The van der Waals surface area contributed by atoms with Gasteiger partial charge in [-0.2, -0.15) is 0 Å². The molecule has 3 aliphatic heterocycles. The Labute approximate surface area is 288 Å². The number of nitrogens with zero attached hydrogens (tertiary/aromatic N) is 3. The van der Waals surface area contributed by atoms with Crippen LogP contribution in [0.1, 0.15) is 98.3 Å². The number of esters is 1. The van der Waals surface area contributed by atoms with Crippen LogP contribution in [0.25, 0.3) is 0 Å². The highest BCUT2D eigenvalue weighted by molar-refractivity contribution is 5.70. The van der Waals surface area contributed by atoms with E-state index in [-0.39, 0.29) is 36.4 Å². The van der Waals surface area contributed by atoms with Crippen molar-refractivity contribution in [1.29, 1.82) is 0 Å². The quantitative estimate of drug-likeness (QED) is 0.108. The van der Waals surface area contributed by atoms with Gasteiger partial charge in [0.25, 0.3) is 0 Å². The van der Waals surface area contributed by atoms with E-state index >= 15 is 0 Å². The van der Waals surface area contributed by atoms with Crippen LogP contribution in [-0.2, 0) is 19.0 Å². The second kappa shape index (κ2) is 19.4. The van der Waals surface area contributed by atoms with Crippen molar-refractivity contribution < 1.29 is 33.7 Å². The van der Waals surface area contributed by atoms with E-state index in [1.165, 1.54) is 38.5 Å². The Hall–Kier alpha value is -2.85. The van der Waals surface area contributed by atoms with Crippen LogP contribution in [0.3, 0.4) is 0 Å². The summed E-state index contributed by atoms with van der Waals surface area (Å²) in [4.78, 5) is 44.6. The number of ether oxygens (including phenoxy) is 3. The number of aliphatic hydroxyl groups excluding tert-OH is 1. The van der Waals surface area contributed by atoms with Crippen LogP contribution in [0.15, 0.2) is 36.0 Å². The van der Waals surface area contributed by atoms with E-state index in [0.717, 1.165) is 44.6 Å². The van der Waals surface area contributed by atoms with E-state index in [1.54, 1.807) is 4.90 Å². The Bertz CT molecular complexity index is 1120. The number of cyclic esters (lactones) is 1. The molecule has 3 heterocycles. The maximum atomic E-state index is 13.4. The minimum atomic E-state index is -0.832. The molecule has 1 aliphatic carbocycles. The number of piperazine rings is 1. The fourth-order valence-corrected chi connectivity index (χ4v) is 7.27. The van der Waals surface area contributed by atoms with Crippen LogP contribution in [0.4, 0.5) is 9.59 Å². The molecule has 4 aliphatic rings. The first-order valence-corrected chi connectivity index (χ1v) is 18.6. The first-order valence-electron chi connectivity index (χ1n) is 18.6. The third-order valence-electron chi connectivity index (χ3n) is 10.5. The van der Waals surface area contributed by atoms with Gasteiger partial charge in [-0.25, -0.2) is 9.59 Å². The minimum absolute atomic E-state index is 0.0173. The Kier molecular flexibility index (Phi) is 15.3.